The minimum Gasteiger partial charge on any atom is -0.478 e. The zero-order valence-corrected chi connectivity index (χ0v) is 12.2. The van der Waals surface area contributed by atoms with Gasteiger partial charge in [-0.25, -0.2) is 9.78 Å². The minimum atomic E-state index is -0.994. The number of hydrogen-bond acceptors (Lipinski definition) is 4. The number of aromatic carboxylic acids is 1. The number of benzene rings is 1. The molecule has 6 heteroatoms. The molecule has 1 aromatic carbocycles. The van der Waals surface area contributed by atoms with Crippen LogP contribution in [0.1, 0.15) is 31.8 Å². The summed E-state index contributed by atoms with van der Waals surface area (Å²) in [5.41, 5.74) is 7.83. The third-order valence-corrected chi connectivity index (χ3v) is 4.05. The molecule has 1 heterocycles. The van der Waals surface area contributed by atoms with Gasteiger partial charge in [0.1, 0.15) is 5.03 Å². The lowest BCUT2D eigenvalue weighted by Gasteiger charge is -2.08. The van der Waals surface area contributed by atoms with Crippen molar-refractivity contribution in [2.75, 3.05) is 0 Å². The number of aryl methyl sites for hydroxylation is 1. The van der Waals surface area contributed by atoms with E-state index in [4.69, 9.17) is 10.8 Å². The fourth-order valence-electron chi connectivity index (χ4n) is 1.83. The Morgan fingerprint density at radius 2 is 2.10 bits per heavy atom. The van der Waals surface area contributed by atoms with Crippen LogP contribution < -0.4 is 5.73 Å². The lowest BCUT2D eigenvalue weighted by atomic mass is 10.1. The normalized spacial score (nSPS) is 10.3. The molecule has 0 aliphatic carbocycles. The monoisotopic (exact) mass is 302 g/mol. The van der Waals surface area contributed by atoms with Crippen LogP contribution in [0.4, 0.5) is 0 Å². The zero-order chi connectivity index (χ0) is 15.4. The fraction of sp³-hybridized carbons (Fsp3) is 0.133. The van der Waals surface area contributed by atoms with E-state index in [0.717, 1.165) is 11.1 Å². The highest BCUT2D eigenvalue weighted by atomic mass is 32.2. The van der Waals surface area contributed by atoms with E-state index >= 15 is 0 Å². The summed E-state index contributed by atoms with van der Waals surface area (Å²) in [7, 11) is 0. The van der Waals surface area contributed by atoms with Crippen LogP contribution in [0.3, 0.4) is 0 Å². The number of carboxylic acid groups (broad SMARTS) is 1. The highest BCUT2D eigenvalue weighted by Gasteiger charge is 2.12. The van der Waals surface area contributed by atoms with Crippen molar-refractivity contribution in [2.45, 2.75) is 17.7 Å². The van der Waals surface area contributed by atoms with Crippen LogP contribution in [0.2, 0.25) is 0 Å². The Kier molecular flexibility index (Phi) is 4.59. The number of aromatic nitrogens is 1. The molecular weight excluding hydrogens is 288 g/mol. The fourth-order valence-corrected chi connectivity index (χ4v) is 2.89. The van der Waals surface area contributed by atoms with E-state index in [1.54, 1.807) is 24.4 Å². The Morgan fingerprint density at radius 1 is 1.33 bits per heavy atom. The van der Waals surface area contributed by atoms with Gasteiger partial charge in [-0.2, -0.15) is 0 Å². The summed E-state index contributed by atoms with van der Waals surface area (Å²) in [6.07, 6.45) is 1.57. The molecule has 2 aromatic rings. The van der Waals surface area contributed by atoms with Crippen molar-refractivity contribution in [1.82, 2.24) is 4.98 Å². The van der Waals surface area contributed by atoms with Gasteiger partial charge in [0.05, 0.1) is 5.56 Å². The first kappa shape index (κ1) is 15.1. The van der Waals surface area contributed by atoms with Crippen molar-refractivity contribution in [3.63, 3.8) is 0 Å². The molecule has 1 aromatic heterocycles. The van der Waals surface area contributed by atoms with E-state index in [1.165, 1.54) is 17.8 Å². The Bertz CT molecular complexity index is 701. The molecule has 0 saturated heterocycles. The molecule has 2 rings (SSSR count). The van der Waals surface area contributed by atoms with Crippen LogP contribution in [0.15, 0.2) is 41.6 Å². The summed E-state index contributed by atoms with van der Waals surface area (Å²) < 4.78 is 0. The minimum absolute atomic E-state index is 0.189. The molecule has 0 bridgehead atoms. The third-order valence-electron chi connectivity index (χ3n) is 2.99. The van der Waals surface area contributed by atoms with Crippen molar-refractivity contribution >= 4 is 23.6 Å². The van der Waals surface area contributed by atoms with Crippen molar-refractivity contribution in [1.29, 1.82) is 0 Å². The van der Waals surface area contributed by atoms with E-state index in [2.05, 4.69) is 4.98 Å². The molecule has 0 aliphatic heterocycles. The van der Waals surface area contributed by atoms with E-state index in [-0.39, 0.29) is 5.56 Å². The number of carbonyl (C=O) groups is 2. The summed E-state index contributed by atoms with van der Waals surface area (Å²) in [6.45, 7) is 1.89. The lowest BCUT2D eigenvalue weighted by molar-refractivity contribution is 0.0692. The second kappa shape index (κ2) is 6.41. The molecule has 0 atom stereocenters. The van der Waals surface area contributed by atoms with E-state index in [1.807, 2.05) is 13.0 Å². The van der Waals surface area contributed by atoms with Crippen molar-refractivity contribution < 1.29 is 14.7 Å². The second-order valence-corrected chi connectivity index (χ2v) is 5.42. The number of pyridine rings is 1. The first-order valence-electron chi connectivity index (χ1n) is 6.19. The molecule has 0 unspecified atom stereocenters. The zero-order valence-electron chi connectivity index (χ0n) is 11.4. The van der Waals surface area contributed by atoms with Crippen molar-refractivity contribution in [3.05, 3.63) is 58.8 Å². The molecule has 1 amide bonds. The van der Waals surface area contributed by atoms with Crippen molar-refractivity contribution in [3.8, 4) is 0 Å². The Morgan fingerprint density at radius 3 is 2.71 bits per heavy atom. The highest BCUT2D eigenvalue weighted by molar-refractivity contribution is 7.98. The Labute approximate surface area is 126 Å². The van der Waals surface area contributed by atoms with E-state index < -0.39 is 11.9 Å². The van der Waals surface area contributed by atoms with Gasteiger partial charge in [-0.1, -0.05) is 6.07 Å². The summed E-state index contributed by atoms with van der Waals surface area (Å²) in [4.78, 5) is 26.3. The van der Waals surface area contributed by atoms with Gasteiger partial charge in [0, 0.05) is 17.5 Å². The molecule has 0 aliphatic rings. The maximum atomic E-state index is 11.1. The molecule has 0 saturated carbocycles. The van der Waals surface area contributed by atoms with Crippen LogP contribution in [0.5, 0.6) is 0 Å². The summed E-state index contributed by atoms with van der Waals surface area (Å²) in [6, 6.07) is 8.35. The van der Waals surface area contributed by atoms with Gasteiger partial charge in [0.25, 0.3) is 0 Å². The molecule has 5 nitrogen and oxygen atoms in total. The van der Waals surface area contributed by atoms with Gasteiger partial charge in [-0.15, -0.1) is 11.8 Å². The quantitative estimate of drug-likeness (QED) is 0.828. The number of rotatable bonds is 5. The number of amides is 1. The summed E-state index contributed by atoms with van der Waals surface area (Å²) in [5.74, 6) is -0.885. The average molecular weight is 302 g/mol. The van der Waals surface area contributed by atoms with Crippen LogP contribution in [-0.4, -0.2) is 22.0 Å². The first-order valence-corrected chi connectivity index (χ1v) is 7.18. The summed E-state index contributed by atoms with van der Waals surface area (Å²) in [5, 5.41) is 9.59. The number of carboxylic acids is 1. The predicted molar refractivity (Wildman–Crippen MR) is 80.5 cm³/mol. The van der Waals surface area contributed by atoms with Crippen molar-refractivity contribution in [2.24, 2.45) is 5.73 Å². The molecule has 0 fully saturated rings. The van der Waals surface area contributed by atoms with Gasteiger partial charge < -0.3 is 10.8 Å². The number of thioether (sulfide) groups is 1. The number of nitrogens with zero attached hydrogens (tertiary/aromatic N) is 1. The van der Waals surface area contributed by atoms with Gasteiger partial charge in [-0.3, -0.25) is 4.79 Å². The predicted octanol–water partition coefficient (Wildman–Crippen LogP) is 2.48. The maximum absolute atomic E-state index is 11.1. The van der Waals surface area contributed by atoms with Gasteiger partial charge >= 0.3 is 5.97 Å². The van der Waals surface area contributed by atoms with Crippen LogP contribution >= 0.6 is 11.8 Å². The largest absolute Gasteiger partial charge is 0.478 e. The molecular formula is C15H14N2O3S. The van der Waals surface area contributed by atoms with Gasteiger partial charge in [0.2, 0.25) is 5.91 Å². The number of primary amides is 1. The molecule has 3 N–H and O–H groups in total. The third kappa shape index (κ3) is 3.61. The van der Waals surface area contributed by atoms with Gasteiger partial charge in [0.15, 0.2) is 0 Å². The molecule has 21 heavy (non-hydrogen) atoms. The number of carbonyl (C=O) groups excluding carboxylic acids is 1. The topological polar surface area (TPSA) is 93.3 Å². The Balaban J connectivity index is 2.17. The SMILES string of the molecule is Cc1cc(C(N)=O)ccc1CSc1ncccc1C(=O)O. The maximum Gasteiger partial charge on any atom is 0.338 e. The smallest absolute Gasteiger partial charge is 0.338 e. The van der Waals surface area contributed by atoms with E-state index in [0.29, 0.717) is 16.3 Å². The Hall–Kier alpha value is -2.34. The number of hydrogen-bond donors (Lipinski definition) is 2. The van der Waals surface area contributed by atoms with E-state index in [9.17, 15) is 9.59 Å². The standard InChI is InChI=1S/C15H14N2O3S/c1-9-7-10(13(16)18)4-5-11(9)8-21-14-12(15(19)20)3-2-6-17-14/h2-7H,8H2,1H3,(H2,16,18)(H,19,20). The number of nitrogens with two attached hydrogens (primary N) is 1. The first-order chi connectivity index (χ1) is 9.99. The van der Waals surface area contributed by atoms with Crippen LogP contribution in [-0.2, 0) is 5.75 Å². The second-order valence-electron chi connectivity index (χ2n) is 4.46. The van der Waals surface area contributed by atoms with Crippen LogP contribution in [0.25, 0.3) is 0 Å². The summed E-state index contributed by atoms with van der Waals surface area (Å²) >= 11 is 1.35. The molecule has 0 radical (unpaired) electrons. The molecule has 0 spiro atoms. The average Bonchev–Trinajstić information content (AvgIpc) is 2.46. The van der Waals surface area contributed by atoms with Gasteiger partial charge in [-0.05, 0) is 42.3 Å². The molecule has 108 valence electrons. The highest BCUT2D eigenvalue weighted by Crippen LogP contribution is 2.26. The van der Waals surface area contributed by atoms with Crippen LogP contribution in [0, 0.1) is 6.92 Å². The lowest BCUT2D eigenvalue weighted by Crippen LogP contribution is -2.11.